The Labute approximate surface area is 124 Å². The van der Waals surface area contributed by atoms with Gasteiger partial charge in [0.25, 0.3) is 0 Å². The van der Waals surface area contributed by atoms with Crippen LogP contribution in [-0.2, 0) is 6.42 Å². The number of benzene rings is 1. The van der Waals surface area contributed by atoms with Gasteiger partial charge in [-0.05, 0) is 30.2 Å². The van der Waals surface area contributed by atoms with Gasteiger partial charge in [-0.1, -0.05) is 12.1 Å². The summed E-state index contributed by atoms with van der Waals surface area (Å²) in [7, 11) is 3.22. The van der Waals surface area contributed by atoms with Crippen LogP contribution in [0.5, 0.6) is 11.5 Å². The first kappa shape index (κ1) is 15.1. The van der Waals surface area contributed by atoms with E-state index >= 15 is 0 Å². The Morgan fingerprint density at radius 3 is 2.57 bits per heavy atom. The fourth-order valence-electron chi connectivity index (χ4n) is 2.23. The molecule has 2 rings (SSSR count). The average Bonchev–Trinajstić information content (AvgIpc) is 2.53. The first-order valence-electron chi connectivity index (χ1n) is 6.57. The summed E-state index contributed by atoms with van der Waals surface area (Å²) in [4.78, 5) is 4.09. The van der Waals surface area contributed by atoms with Gasteiger partial charge in [0.2, 0.25) is 0 Å². The van der Waals surface area contributed by atoms with E-state index in [1.54, 1.807) is 20.4 Å². The van der Waals surface area contributed by atoms with Crippen molar-refractivity contribution in [3.05, 3.63) is 47.7 Å². The maximum Gasteiger partial charge on any atom is 0.160 e. The van der Waals surface area contributed by atoms with E-state index in [0.717, 1.165) is 11.1 Å². The number of aromatic nitrogens is 1. The van der Waals surface area contributed by atoms with Crippen molar-refractivity contribution < 1.29 is 9.47 Å². The third kappa shape index (κ3) is 3.42. The van der Waals surface area contributed by atoms with E-state index in [1.165, 1.54) is 0 Å². The summed E-state index contributed by atoms with van der Waals surface area (Å²) in [5, 5.41) is 0. The van der Waals surface area contributed by atoms with Crippen molar-refractivity contribution in [2.75, 3.05) is 20.0 Å². The molecule has 6 heteroatoms. The zero-order valence-corrected chi connectivity index (χ0v) is 12.2. The van der Waals surface area contributed by atoms with Crippen LogP contribution in [0, 0.1) is 0 Å². The monoisotopic (exact) mass is 288 g/mol. The summed E-state index contributed by atoms with van der Waals surface area (Å²) in [6.07, 6.45) is 2.32. The molecule has 1 heterocycles. The first-order valence-corrected chi connectivity index (χ1v) is 6.57. The van der Waals surface area contributed by atoms with Crippen LogP contribution in [0.3, 0.4) is 0 Å². The molecular weight excluding hydrogens is 268 g/mol. The topological polar surface area (TPSA) is 95.4 Å². The van der Waals surface area contributed by atoms with E-state index in [2.05, 4.69) is 10.4 Å². The zero-order chi connectivity index (χ0) is 15.2. The minimum atomic E-state index is -0.128. The highest BCUT2D eigenvalue weighted by Crippen LogP contribution is 2.30. The van der Waals surface area contributed by atoms with Crippen LogP contribution in [0.25, 0.3) is 0 Å². The SMILES string of the molecule is COc1ccc(CC(NN)c2cccnc2N)cc1OC. The number of hydrazine groups is 1. The molecule has 1 atom stereocenters. The fraction of sp³-hybridized carbons (Fsp3) is 0.267. The van der Waals surface area contributed by atoms with Crippen molar-refractivity contribution in [1.29, 1.82) is 0 Å². The minimum Gasteiger partial charge on any atom is -0.493 e. The number of methoxy groups -OCH3 is 2. The summed E-state index contributed by atoms with van der Waals surface area (Å²) < 4.78 is 10.5. The Bertz CT molecular complexity index is 604. The molecular formula is C15H20N4O2. The summed E-state index contributed by atoms with van der Waals surface area (Å²) in [5.74, 6) is 7.51. The molecule has 0 bridgehead atoms. The number of nitrogens with one attached hydrogen (secondary N) is 1. The van der Waals surface area contributed by atoms with Gasteiger partial charge in [0, 0.05) is 11.8 Å². The highest BCUT2D eigenvalue weighted by atomic mass is 16.5. The van der Waals surface area contributed by atoms with Crippen LogP contribution >= 0.6 is 0 Å². The molecule has 1 aromatic heterocycles. The lowest BCUT2D eigenvalue weighted by Crippen LogP contribution is -2.30. The van der Waals surface area contributed by atoms with Crippen molar-refractivity contribution in [3.63, 3.8) is 0 Å². The Hall–Kier alpha value is -2.31. The molecule has 21 heavy (non-hydrogen) atoms. The molecule has 0 radical (unpaired) electrons. The quantitative estimate of drug-likeness (QED) is 0.550. The predicted octanol–water partition coefficient (Wildman–Crippen LogP) is 1.43. The largest absolute Gasteiger partial charge is 0.493 e. The molecule has 5 N–H and O–H groups in total. The second kappa shape index (κ2) is 6.92. The number of hydrogen-bond acceptors (Lipinski definition) is 6. The Morgan fingerprint density at radius 1 is 1.19 bits per heavy atom. The molecule has 0 aliphatic heterocycles. The number of pyridine rings is 1. The smallest absolute Gasteiger partial charge is 0.160 e. The fourth-order valence-corrected chi connectivity index (χ4v) is 2.23. The van der Waals surface area contributed by atoms with Gasteiger partial charge in [-0.15, -0.1) is 0 Å². The number of nitrogen functional groups attached to an aromatic ring is 1. The summed E-state index contributed by atoms with van der Waals surface area (Å²) in [6, 6.07) is 9.39. The number of ether oxygens (including phenoxy) is 2. The third-order valence-electron chi connectivity index (χ3n) is 3.34. The Morgan fingerprint density at radius 2 is 1.95 bits per heavy atom. The van der Waals surface area contributed by atoms with Gasteiger partial charge in [-0.25, -0.2) is 4.98 Å². The van der Waals surface area contributed by atoms with Crippen LogP contribution < -0.4 is 26.5 Å². The van der Waals surface area contributed by atoms with E-state index in [0.29, 0.717) is 23.7 Å². The number of hydrogen-bond donors (Lipinski definition) is 3. The van der Waals surface area contributed by atoms with Gasteiger partial charge in [-0.3, -0.25) is 11.3 Å². The van der Waals surface area contributed by atoms with Gasteiger partial charge in [0.1, 0.15) is 5.82 Å². The van der Waals surface area contributed by atoms with Gasteiger partial charge < -0.3 is 15.2 Å². The second-order valence-electron chi connectivity index (χ2n) is 4.59. The maximum atomic E-state index is 5.90. The van der Waals surface area contributed by atoms with Gasteiger partial charge >= 0.3 is 0 Å². The van der Waals surface area contributed by atoms with Crippen LogP contribution in [-0.4, -0.2) is 19.2 Å². The van der Waals surface area contributed by atoms with Crippen LogP contribution in [0.2, 0.25) is 0 Å². The highest BCUT2D eigenvalue weighted by molar-refractivity contribution is 5.45. The summed E-state index contributed by atoms with van der Waals surface area (Å²) in [5.41, 5.74) is 10.6. The van der Waals surface area contributed by atoms with Crippen LogP contribution in [0.1, 0.15) is 17.2 Å². The molecule has 6 nitrogen and oxygen atoms in total. The molecule has 1 aromatic carbocycles. The Balaban J connectivity index is 2.25. The van der Waals surface area contributed by atoms with Crippen LogP contribution in [0.4, 0.5) is 5.82 Å². The molecule has 0 fully saturated rings. The molecule has 0 saturated heterocycles. The predicted molar refractivity (Wildman–Crippen MR) is 82.0 cm³/mol. The molecule has 0 amide bonds. The standard InChI is InChI=1S/C15H20N4O2/c1-20-13-6-5-10(9-14(13)21-2)8-12(19-17)11-4-3-7-18-15(11)16/h3-7,9,12,19H,8,17H2,1-2H3,(H2,16,18). The Kier molecular flexibility index (Phi) is 4.97. The lowest BCUT2D eigenvalue weighted by atomic mass is 9.99. The minimum absolute atomic E-state index is 0.128. The van der Waals surface area contributed by atoms with E-state index < -0.39 is 0 Å². The van der Waals surface area contributed by atoms with Crippen molar-refractivity contribution in [2.45, 2.75) is 12.5 Å². The van der Waals surface area contributed by atoms with Crippen molar-refractivity contribution in [2.24, 2.45) is 5.84 Å². The molecule has 2 aromatic rings. The van der Waals surface area contributed by atoms with E-state index in [4.69, 9.17) is 21.1 Å². The molecule has 0 aliphatic rings. The normalized spacial score (nSPS) is 12.0. The van der Waals surface area contributed by atoms with Crippen molar-refractivity contribution >= 4 is 5.82 Å². The number of rotatable bonds is 6. The molecule has 0 spiro atoms. The van der Waals surface area contributed by atoms with Crippen molar-refractivity contribution in [3.8, 4) is 11.5 Å². The number of nitrogens with two attached hydrogens (primary N) is 2. The van der Waals surface area contributed by atoms with Gasteiger partial charge in [0.15, 0.2) is 11.5 Å². The average molecular weight is 288 g/mol. The highest BCUT2D eigenvalue weighted by Gasteiger charge is 2.15. The molecule has 0 aliphatic carbocycles. The van der Waals surface area contributed by atoms with Gasteiger partial charge in [-0.2, -0.15) is 0 Å². The lowest BCUT2D eigenvalue weighted by molar-refractivity contribution is 0.354. The zero-order valence-electron chi connectivity index (χ0n) is 12.2. The molecule has 112 valence electrons. The van der Waals surface area contributed by atoms with E-state index in [-0.39, 0.29) is 6.04 Å². The summed E-state index contributed by atoms with van der Waals surface area (Å²) >= 11 is 0. The molecule has 1 unspecified atom stereocenters. The first-order chi connectivity index (χ1) is 10.2. The maximum absolute atomic E-state index is 5.90. The van der Waals surface area contributed by atoms with Gasteiger partial charge in [0.05, 0.1) is 20.3 Å². The lowest BCUT2D eigenvalue weighted by Gasteiger charge is -2.18. The van der Waals surface area contributed by atoms with Crippen LogP contribution in [0.15, 0.2) is 36.5 Å². The summed E-state index contributed by atoms with van der Waals surface area (Å²) in [6.45, 7) is 0. The van der Waals surface area contributed by atoms with Crippen molar-refractivity contribution in [1.82, 2.24) is 10.4 Å². The third-order valence-corrected chi connectivity index (χ3v) is 3.34. The molecule has 0 saturated carbocycles. The van der Waals surface area contributed by atoms with E-state index in [1.807, 2.05) is 30.3 Å². The number of nitrogens with zero attached hydrogens (tertiary/aromatic N) is 1. The second-order valence-corrected chi connectivity index (χ2v) is 4.59. The van der Waals surface area contributed by atoms with E-state index in [9.17, 15) is 0 Å². The number of anilines is 1.